The summed E-state index contributed by atoms with van der Waals surface area (Å²) in [6, 6.07) is 21.2. The minimum atomic E-state index is -3.34. The van der Waals surface area contributed by atoms with Crippen LogP contribution in [0.25, 0.3) is 11.6 Å². The molecule has 29 heavy (non-hydrogen) atoms. The number of para-hydroxylation sites is 1. The standard InChI is InChI=1S/C23H20ClNO3S/c1-25(29(2,26)27)18-9-5-7-16(13-18)14-21-19-10-4-3-8-17(19)15-28-23-20(21)11-6-12-22(23)24/h3-14H,15H2,1-2H3. The second kappa shape index (κ2) is 7.58. The molecule has 0 unspecified atom stereocenters. The SMILES string of the molecule is CN(c1cccc(C=C2c3ccccc3COc3c(Cl)cccc32)c1)S(C)(=O)=O. The maximum atomic E-state index is 11.9. The quantitative estimate of drug-likeness (QED) is 0.578. The van der Waals surface area contributed by atoms with Gasteiger partial charge in [0, 0.05) is 12.6 Å². The predicted molar refractivity (Wildman–Crippen MR) is 119 cm³/mol. The molecule has 0 atom stereocenters. The summed E-state index contributed by atoms with van der Waals surface area (Å²) in [7, 11) is -1.79. The third-order valence-electron chi connectivity index (χ3n) is 4.98. The van der Waals surface area contributed by atoms with Crippen LogP contribution in [0.5, 0.6) is 5.75 Å². The van der Waals surface area contributed by atoms with E-state index >= 15 is 0 Å². The number of sulfonamides is 1. The fourth-order valence-electron chi connectivity index (χ4n) is 3.40. The monoisotopic (exact) mass is 425 g/mol. The summed E-state index contributed by atoms with van der Waals surface area (Å²) in [6.45, 7) is 0.432. The molecule has 0 radical (unpaired) electrons. The van der Waals surface area contributed by atoms with E-state index in [1.54, 1.807) is 13.1 Å². The lowest BCUT2D eigenvalue weighted by atomic mass is 9.92. The van der Waals surface area contributed by atoms with Crippen LogP contribution in [0, 0.1) is 0 Å². The van der Waals surface area contributed by atoms with Crippen LogP contribution in [0.4, 0.5) is 5.69 Å². The van der Waals surface area contributed by atoms with Gasteiger partial charge in [0.2, 0.25) is 10.0 Å². The van der Waals surface area contributed by atoms with Crippen molar-refractivity contribution in [3.05, 3.63) is 94.0 Å². The van der Waals surface area contributed by atoms with Gasteiger partial charge < -0.3 is 4.74 Å². The average Bonchev–Trinajstić information content (AvgIpc) is 2.85. The highest BCUT2D eigenvalue weighted by Gasteiger charge is 2.21. The molecular weight excluding hydrogens is 406 g/mol. The first-order valence-electron chi connectivity index (χ1n) is 9.10. The molecule has 1 heterocycles. The van der Waals surface area contributed by atoms with E-state index in [0.717, 1.165) is 27.8 Å². The van der Waals surface area contributed by atoms with Crippen molar-refractivity contribution in [3.8, 4) is 5.75 Å². The maximum Gasteiger partial charge on any atom is 0.231 e. The highest BCUT2D eigenvalue weighted by atomic mass is 35.5. The molecule has 0 amide bonds. The van der Waals surface area contributed by atoms with Crippen LogP contribution in [0.15, 0.2) is 66.7 Å². The van der Waals surface area contributed by atoms with Gasteiger partial charge in [-0.25, -0.2) is 8.42 Å². The van der Waals surface area contributed by atoms with E-state index in [1.807, 2.05) is 60.7 Å². The number of ether oxygens (including phenoxy) is 1. The van der Waals surface area contributed by atoms with Crippen LogP contribution < -0.4 is 9.04 Å². The number of benzene rings is 3. The fraction of sp³-hybridized carbons (Fsp3) is 0.130. The Balaban J connectivity index is 1.91. The zero-order chi connectivity index (χ0) is 20.6. The van der Waals surface area contributed by atoms with Crippen molar-refractivity contribution >= 4 is 39.0 Å². The van der Waals surface area contributed by atoms with Crippen LogP contribution in [0.2, 0.25) is 5.02 Å². The number of fused-ring (bicyclic) bond motifs is 2. The summed E-state index contributed by atoms with van der Waals surface area (Å²) < 4.78 is 31.1. The van der Waals surface area contributed by atoms with E-state index in [2.05, 4.69) is 6.07 Å². The summed E-state index contributed by atoms with van der Waals surface area (Å²) in [5.74, 6) is 0.654. The van der Waals surface area contributed by atoms with Gasteiger partial charge in [0.1, 0.15) is 12.4 Å². The van der Waals surface area contributed by atoms with Gasteiger partial charge in [0.25, 0.3) is 0 Å². The molecule has 3 aromatic carbocycles. The zero-order valence-electron chi connectivity index (χ0n) is 16.1. The first kappa shape index (κ1) is 19.6. The Morgan fingerprint density at radius 3 is 2.52 bits per heavy atom. The van der Waals surface area contributed by atoms with Crippen molar-refractivity contribution in [2.75, 3.05) is 17.6 Å². The first-order valence-corrected chi connectivity index (χ1v) is 11.3. The van der Waals surface area contributed by atoms with Crippen LogP contribution in [-0.2, 0) is 16.6 Å². The highest BCUT2D eigenvalue weighted by molar-refractivity contribution is 7.92. The number of halogens is 1. The summed E-state index contributed by atoms with van der Waals surface area (Å²) in [4.78, 5) is 0. The van der Waals surface area contributed by atoms with E-state index in [-0.39, 0.29) is 0 Å². The van der Waals surface area contributed by atoms with E-state index in [0.29, 0.717) is 23.1 Å². The smallest absolute Gasteiger partial charge is 0.231 e. The van der Waals surface area contributed by atoms with Crippen molar-refractivity contribution in [1.29, 1.82) is 0 Å². The molecule has 0 saturated carbocycles. The molecular formula is C23H20ClNO3S. The minimum absolute atomic E-state index is 0.432. The number of rotatable bonds is 3. The van der Waals surface area contributed by atoms with E-state index in [9.17, 15) is 8.42 Å². The Bertz CT molecular complexity index is 1220. The van der Waals surface area contributed by atoms with Crippen molar-refractivity contribution in [2.24, 2.45) is 0 Å². The normalized spacial score (nSPS) is 14.5. The molecule has 0 bridgehead atoms. The fourth-order valence-corrected chi connectivity index (χ4v) is 4.12. The maximum absolute atomic E-state index is 11.9. The topological polar surface area (TPSA) is 46.6 Å². The van der Waals surface area contributed by atoms with Crippen LogP contribution >= 0.6 is 11.6 Å². The zero-order valence-corrected chi connectivity index (χ0v) is 17.7. The molecule has 3 aromatic rings. The van der Waals surface area contributed by atoms with Gasteiger partial charge >= 0.3 is 0 Å². The number of hydrogen-bond donors (Lipinski definition) is 0. The molecule has 4 rings (SSSR count). The number of nitrogens with zero attached hydrogens (tertiary/aromatic N) is 1. The molecule has 0 fully saturated rings. The predicted octanol–water partition coefficient (Wildman–Crippen LogP) is 5.22. The van der Waals surface area contributed by atoms with Gasteiger partial charge in [-0.2, -0.15) is 0 Å². The molecule has 1 aliphatic heterocycles. The molecule has 1 aliphatic rings. The molecule has 0 aliphatic carbocycles. The third kappa shape index (κ3) is 3.88. The molecule has 0 saturated heterocycles. The van der Waals surface area contributed by atoms with Crippen LogP contribution in [0.3, 0.4) is 0 Å². The van der Waals surface area contributed by atoms with Crippen molar-refractivity contribution in [1.82, 2.24) is 0 Å². The van der Waals surface area contributed by atoms with Gasteiger partial charge in [-0.1, -0.05) is 60.1 Å². The third-order valence-corrected chi connectivity index (χ3v) is 6.48. The first-order chi connectivity index (χ1) is 13.8. The Hall–Kier alpha value is -2.76. The lowest BCUT2D eigenvalue weighted by molar-refractivity contribution is 0.307. The Morgan fingerprint density at radius 2 is 1.72 bits per heavy atom. The summed E-state index contributed by atoms with van der Waals surface area (Å²) in [5.41, 5.74) is 5.51. The van der Waals surface area contributed by atoms with Gasteiger partial charge in [0.05, 0.1) is 17.0 Å². The van der Waals surface area contributed by atoms with E-state index in [1.165, 1.54) is 10.6 Å². The second-order valence-electron chi connectivity index (χ2n) is 6.95. The molecule has 0 spiro atoms. The van der Waals surface area contributed by atoms with E-state index in [4.69, 9.17) is 16.3 Å². The minimum Gasteiger partial charge on any atom is -0.487 e. The molecule has 0 N–H and O–H groups in total. The summed E-state index contributed by atoms with van der Waals surface area (Å²) in [5, 5.41) is 0.562. The molecule has 4 nitrogen and oxygen atoms in total. The average molecular weight is 426 g/mol. The lowest BCUT2D eigenvalue weighted by Gasteiger charge is -2.17. The van der Waals surface area contributed by atoms with Crippen LogP contribution in [-0.4, -0.2) is 21.7 Å². The largest absolute Gasteiger partial charge is 0.487 e. The summed E-state index contributed by atoms with van der Waals surface area (Å²) >= 11 is 6.42. The van der Waals surface area contributed by atoms with Gasteiger partial charge in [0.15, 0.2) is 0 Å². The summed E-state index contributed by atoms with van der Waals surface area (Å²) in [6.07, 6.45) is 3.23. The Labute approximate surface area is 176 Å². The molecule has 6 heteroatoms. The number of anilines is 1. The van der Waals surface area contributed by atoms with E-state index < -0.39 is 10.0 Å². The van der Waals surface area contributed by atoms with Crippen molar-refractivity contribution in [3.63, 3.8) is 0 Å². The Kier molecular flexibility index (Phi) is 5.11. The number of hydrogen-bond acceptors (Lipinski definition) is 3. The van der Waals surface area contributed by atoms with Crippen molar-refractivity contribution in [2.45, 2.75) is 6.61 Å². The van der Waals surface area contributed by atoms with Crippen LogP contribution in [0.1, 0.15) is 22.3 Å². The van der Waals surface area contributed by atoms with Gasteiger partial charge in [-0.15, -0.1) is 0 Å². The molecule has 0 aromatic heterocycles. The Morgan fingerprint density at radius 1 is 1.00 bits per heavy atom. The van der Waals surface area contributed by atoms with Gasteiger partial charge in [-0.3, -0.25) is 4.31 Å². The highest BCUT2D eigenvalue weighted by Crippen LogP contribution is 2.41. The van der Waals surface area contributed by atoms with Crippen molar-refractivity contribution < 1.29 is 13.2 Å². The second-order valence-corrected chi connectivity index (χ2v) is 9.37. The lowest BCUT2D eigenvalue weighted by Crippen LogP contribution is -2.24. The van der Waals surface area contributed by atoms with Gasteiger partial charge in [-0.05, 0) is 46.5 Å². The molecule has 148 valence electrons.